The van der Waals surface area contributed by atoms with Gasteiger partial charge in [-0.2, -0.15) is 0 Å². The van der Waals surface area contributed by atoms with Crippen molar-refractivity contribution in [3.63, 3.8) is 0 Å². The third kappa shape index (κ3) is 3.77. The number of anilines is 2. The van der Waals surface area contributed by atoms with Gasteiger partial charge in [0, 0.05) is 18.9 Å². The molecule has 0 radical (unpaired) electrons. The van der Waals surface area contributed by atoms with Crippen molar-refractivity contribution >= 4 is 17.4 Å². The summed E-state index contributed by atoms with van der Waals surface area (Å²) < 4.78 is 0. The lowest BCUT2D eigenvalue weighted by molar-refractivity contribution is 0.102. The van der Waals surface area contributed by atoms with Crippen molar-refractivity contribution in [3.05, 3.63) is 48.4 Å². The third-order valence-corrected chi connectivity index (χ3v) is 2.50. The first-order valence-electron chi connectivity index (χ1n) is 6.21. The minimum Gasteiger partial charge on any atom is -0.370 e. The molecule has 1 amide bonds. The molecule has 19 heavy (non-hydrogen) atoms. The van der Waals surface area contributed by atoms with Gasteiger partial charge in [-0.15, -0.1) is 0 Å². The molecular weight excluding hydrogens is 240 g/mol. The highest BCUT2D eigenvalue weighted by Crippen LogP contribution is 2.11. The SMILES string of the molecule is CCCNc1ccc(NC(=O)c2cccnc2)cn1. The standard InChI is InChI=1S/C14H16N4O/c1-2-7-16-13-6-5-12(10-17-13)18-14(19)11-4-3-8-15-9-11/h3-6,8-10H,2,7H2,1H3,(H,16,17)(H,18,19). The average Bonchev–Trinajstić information content (AvgIpc) is 2.47. The summed E-state index contributed by atoms with van der Waals surface area (Å²) in [6, 6.07) is 7.10. The molecule has 0 aliphatic carbocycles. The summed E-state index contributed by atoms with van der Waals surface area (Å²) in [5.74, 6) is 0.616. The molecular formula is C14H16N4O. The second-order valence-electron chi connectivity index (χ2n) is 4.05. The maximum atomic E-state index is 11.9. The van der Waals surface area contributed by atoms with E-state index in [1.807, 2.05) is 12.1 Å². The van der Waals surface area contributed by atoms with Crippen LogP contribution in [0.5, 0.6) is 0 Å². The number of nitrogens with one attached hydrogen (secondary N) is 2. The largest absolute Gasteiger partial charge is 0.370 e. The summed E-state index contributed by atoms with van der Waals surface area (Å²) in [6.45, 7) is 2.98. The zero-order valence-corrected chi connectivity index (χ0v) is 10.8. The molecule has 0 aliphatic heterocycles. The van der Waals surface area contributed by atoms with E-state index in [0.717, 1.165) is 18.8 Å². The first-order chi connectivity index (χ1) is 9.29. The molecule has 2 aromatic heterocycles. The molecule has 2 rings (SSSR count). The molecule has 2 aromatic rings. The second kappa shape index (κ2) is 6.49. The number of hydrogen-bond donors (Lipinski definition) is 2. The highest BCUT2D eigenvalue weighted by molar-refractivity contribution is 6.03. The molecule has 0 saturated heterocycles. The van der Waals surface area contributed by atoms with Crippen LogP contribution in [0.4, 0.5) is 11.5 Å². The summed E-state index contributed by atoms with van der Waals surface area (Å²) in [6.07, 6.45) is 5.83. The second-order valence-corrected chi connectivity index (χ2v) is 4.05. The smallest absolute Gasteiger partial charge is 0.257 e. The predicted octanol–water partition coefficient (Wildman–Crippen LogP) is 2.55. The van der Waals surface area contributed by atoms with Gasteiger partial charge in [0.15, 0.2) is 0 Å². The highest BCUT2D eigenvalue weighted by atomic mass is 16.1. The number of aromatic nitrogens is 2. The van der Waals surface area contributed by atoms with Crippen molar-refractivity contribution in [2.75, 3.05) is 17.2 Å². The van der Waals surface area contributed by atoms with Gasteiger partial charge < -0.3 is 10.6 Å². The van der Waals surface area contributed by atoms with Crippen LogP contribution in [0.15, 0.2) is 42.9 Å². The third-order valence-electron chi connectivity index (χ3n) is 2.50. The lowest BCUT2D eigenvalue weighted by atomic mass is 10.2. The number of amides is 1. The lowest BCUT2D eigenvalue weighted by Gasteiger charge is -2.06. The van der Waals surface area contributed by atoms with Crippen LogP contribution in [0.3, 0.4) is 0 Å². The topological polar surface area (TPSA) is 66.9 Å². The molecule has 0 bridgehead atoms. The molecule has 5 nitrogen and oxygen atoms in total. The zero-order chi connectivity index (χ0) is 13.5. The van der Waals surface area contributed by atoms with E-state index in [-0.39, 0.29) is 5.91 Å². The van der Waals surface area contributed by atoms with Gasteiger partial charge in [-0.3, -0.25) is 9.78 Å². The van der Waals surface area contributed by atoms with Crippen LogP contribution in [-0.4, -0.2) is 22.4 Å². The first kappa shape index (κ1) is 13.0. The quantitative estimate of drug-likeness (QED) is 0.862. The summed E-state index contributed by atoms with van der Waals surface area (Å²) in [5, 5.41) is 5.95. The van der Waals surface area contributed by atoms with Gasteiger partial charge in [0.2, 0.25) is 0 Å². The van der Waals surface area contributed by atoms with E-state index in [2.05, 4.69) is 27.5 Å². The van der Waals surface area contributed by atoms with Crippen LogP contribution in [0, 0.1) is 0 Å². The average molecular weight is 256 g/mol. The van der Waals surface area contributed by atoms with Crippen molar-refractivity contribution in [3.8, 4) is 0 Å². The van der Waals surface area contributed by atoms with Crippen LogP contribution in [-0.2, 0) is 0 Å². The fourth-order valence-corrected chi connectivity index (χ4v) is 1.53. The number of rotatable bonds is 5. The van der Waals surface area contributed by atoms with E-state index in [4.69, 9.17) is 0 Å². The Bertz CT molecular complexity index is 525. The van der Waals surface area contributed by atoms with E-state index in [1.54, 1.807) is 24.5 Å². The van der Waals surface area contributed by atoms with E-state index < -0.39 is 0 Å². The molecule has 0 fully saturated rings. The molecule has 5 heteroatoms. The number of carbonyl (C=O) groups is 1. The Labute approximate surface area is 112 Å². The van der Waals surface area contributed by atoms with Gasteiger partial charge in [0.25, 0.3) is 5.91 Å². The van der Waals surface area contributed by atoms with Gasteiger partial charge in [0.05, 0.1) is 17.4 Å². The molecule has 0 aliphatic rings. The van der Waals surface area contributed by atoms with Gasteiger partial charge >= 0.3 is 0 Å². The van der Waals surface area contributed by atoms with Crippen LogP contribution < -0.4 is 10.6 Å². The minimum atomic E-state index is -0.191. The summed E-state index contributed by atoms with van der Waals surface area (Å²) in [4.78, 5) is 20.0. The van der Waals surface area contributed by atoms with Gasteiger partial charge in [-0.25, -0.2) is 4.98 Å². The maximum Gasteiger partial charge on any atom is 0.257 e. The summed E-state index contributed by atoms with van der Waals surface area (Å²) in [5.41, 5.74) is 1.19. The monoisotopic (exact) mass is 256 g/mol. The Balaban J connectivity index is 1.98. The van der Waals surface area contributed by atoms with Crippen LogP contribution in [0.25, 0.3) is 0 Å². The molecule has 2 heterocycles. The number of hydrogen-bond acceptors (Lipinski definition) is 4. The van der Waals surface area contributed by atoms with Gasteiger partial charge in [-0.1, -0.05) is 6.92 Å². The summed E-state index contributed by atoms with van der Waals surface area (Å²) in [7, 11) is 0. The molecule has 0 aromatic carbocycles. The lowest BCUT2D eigenvalue weighted by Crippen LogP contribution is -2.12. The van der Waals surface area contributed by atoms with Crippen molar-refractivity contribution in [2.45, 2.75) is 13.3 Å². The van der Waals surface area contributed by atoms with Gasteiger partial charge in [0.1, 0.15) is 5.82 Å². The minimum absolute atomic E-state index is 0.191. The highest BCUT2D eigenvalue weighted by Gasteiger charge is 2.05. The Kier molecular flexibility index (Phi) is 4.44. The molecule has 0 spiro atoms. The van der Waals surface area contributed by atoms with E-state index in [0.29, 0.717) is 11.3 Å². The molecule has 0 atom stereocenters. The van der Waals surface area contributed by atoms with Crippen molar-refractivity contribution < 1.29 is 4.79 Å². The predicted molar refractivity (Wildman–Crippen MR) is 75.2 cm³/mol. The fraction of sp³-hybridized carbons (Fsp3) is 0.214. The zero-order valence-electron chi connectivity index (χ0n) is 10.8. The van der Waals surface area contributed by atoms with Crippen molar-refractivity contribution in [1.29, 1.82) is 0 Å². The fourth-order valence-electron chi connectivity index (χ4n) is 1.53. The van der Waals surface area contributed by atoms with E-state index in [9.17, 15) is 4.79 Å². The molecule has 98 valence electrons. The number of carbonyl (C=O) groups excluding carboxylic acids is 1. The summed E-state index contributed by atoms with van der Waals surface area (Å²) >= 11 is 0. The molecule has 2 N–H and O–H groups in total. The van der Waals surface area contributed by atoms with Crippen LogP contribution in [0.2, 0.25) is 0 Å². The Morgan fingerprint density at radius 2 is 2.16 bits per heavy atom. The van der Waals surface area contributed by atoms with Gasteiger partial charge in [-0.05, 0) is 30.7 Å². The Morgan fingerprint density at radius 3 is 2.79 bits per heavy atom. The number of nitrogens with zero attached hydrogens (tertiary/aromatic N) is 2. The first-order valence-corrected chi connectivity index (χ1v) is 6.21. The van der Waals surface area contributed by atoms with Crippen molar-refractivity contribution in [2.24, 2.45) is 0 Å². The van der Waals surface area contributed by atoms with E-state index >= 15 is 0 Å². The number of pyridine rings is 2. The van der Waals surface area contributed by atoms with Crippen LogP contribution >= 0.6 is 0 Å². The maximum absolute atomic E-state index is 11.9. The van der Waals surface area contributed by atoms with Crippen molar-refractivity contribution in [1.82, 2.24) is 9.97 Å². The Hall–Kier alpha value is -2.43. The van der Waals surface area contributed by atoms with E-state index in [1.165, 1.54) is 6.20 Å². The Morgan fingerprint density at radius 1 is 1.26 bits per heavy atom. The normalized spacial score (nSPS) is 9.95. The van der Waals surface area contributed by atoms with Crippen LogP contribution in [0.1, 0.15) is 23.7 Å². The molecule has 0 saturated carbocycles. The molecule has 0 unspecified atom stereocenters.